The molecule has 0 fully saturated rings. The lowest BCUT2D eigenvalue weighted by Crippen LogP contribution is -2.42. The van der Waals surface area contributed by atoms with E-state index in [0.29, 0.717) is 11.8 Å². The highest BCUT2D eigenvalue weighted by Crippen LogP contribution is 2.30. The molecule has 0 radical (unpaired) electrons. The van der Waals surface area contributed by atoms with Gasteiger partial charge in [-0.2, -0.15) is 13.2 Å². The number of aliphatic carboxylic acids is 1. The Hall–Kier alpha value is -4.75. The number of hydrogen-bond donors (Lipinski definition) is 4. The molecule has 2 amide bonds. The molecule has 1 atom stereocenters. The summed E-state index contributed by atoms with van der Waals surface area (Å²) < 4.78 is 53.1. The van der Waals surface area contributed by atoms with Crippen LogP contribution in [0.25, 0.3) is 10.9 Å². The maximum absolute atomic E-state index is 13.9. The fraction of sp³-hybridized carbons (Fsp3) is 0.208. The van der Waals surface area contributed by atoms with Crippen molar-refractivity contribution in [3.8, 4) is 0 Å². The molecule has 14 heteroatoms. The molecule has 2 aromatic carbocycles. The quantitative estimate of drug-likeness (QED) is 0.244. The van der Waals surface area contributed by atoms with Gasteiger partial charge in [0.05, 0.1) is 23.9 Å². The van der Waals surface area contributed by atoms with Gasteiger partial charge in [0, 0.05) is 24.2 Å². The minimum absolute atomic E-state index is 0.00354. The van der Waals surface area contributed by atoms with E-state index in [9.17, 15) is 37.1 Å². The predicted molar refractivity (Wildman–Crippen MR) is 125 cm³/mol. The van der Waals surface area contributed by atoms with Gasteiger partial charge in [-0.15, -0.1) is 5.10 Å². The highest BCUT2D eigenvalue weighted by atomic mass is 19.4. The van der Waals surface area contributed by atoms with Gasteiger partial charge in [-0.25, -0.2) is 13.9 Å². The summed E-state index contributed by atoms with van der Waals surface area (Å²) in [5.41, 5.74) is -0.511. The molecule has 198 valence electrons. The van der Waals surface area contributed by atoms with Crippen LogP contribution in [0.5, 0.6) is 0 Å². The molecule has 0 bridgehead atoms. The summed E-state index contributed by atoms with van der Waals surface area (Å²) in [5, 5.41) is 22.6. The average molecular weight is 532 g/mol. The number of nitrogens with zero attached hydrogens (tertiary/aromatic N) is 3. The summed E-state index contributed by atoms with van der Waals surface area (Å²) in [7, 11) is 0. The fourth-order valence-electron chi connectivity index (χ4n) is 3.66. The zero-order valence-electron chi connectivity index (χ0n) is 19.4. The number of fused-ring (bicyclic) bond motifs is 1. The molecule has 0 unspecified atom stereocenters. The predicted octanol–water partition coefficient (Wildman–Crippen LogP) is 2.77. The van der Waals surface area contributed by atoms with Gasteiger partial charge < -0.3 is 20.7 Å². The number of carbonyl (C=O) groups excluding carboxylic acids is 2. The summed E-state index contributed by atoms with van der Waals surface area (Å²) in [6.45, 7) is -0.118. The molecular formula is C24H20F4N6O4. The first-order valence-corrected chi connectivity index (χ1v) is 11.2. The van der Waals surface area contributed by atoms with Crippen molar-refractivity contribution in [3.05, 3.63) is 83.1 Å². The lowest BCUT2D eigenvalue weighted by atomic mass is 10.1. The second-order valence-electron chi connectivity index (χ2n) is 8.27. The van der Waals surface area contributed by atoms with Gasteiger partial charge in [0.25, 0.3) is 11.8 Å². The molecule has 0 aliphatic rings. The normalized spacial score (nSPS) is 12.3. The summed E-state index contributed by atoms with van der Waals surface area (Å²) in [6, 6.07) is 9.50. The topological polar surface area (TPSA) is 142 Å². The molecule has 0 aliphatic carbocycles. The number of H-pyrrole nitrogens is 1. The van der Waals surface area contributed by atoms with Crippen LogP contribution < -0.4 is 10.6 Å². The zero-order chi connectivity index (χ0) is 27.4. The second-order valence-corrected chi connectivity index (χ2v) is 8.27. The molecule has 4 rings (SSSR count). The number of halogens is 4. The first-order valence-electron chi connectivity index (χ1n) is 11.2. The first kappa shape index (κ1) is 26.3. The molecular weight excluding hydrogens is 512 g/mol. The van der Waals surface area contributed by atoms with E-state index in [1.165, 1.54) is 10.9 Å². The van der Waals surface area contributed by atoms with Crippen LogP contribution in [-0.4, -0.2) is 55.5 Å². The number of amides is 2. The van der Waals surface area contributed by atoms with Crippen LogP contribution in [0.15, 0.2) is 54.7 Å². The van der Waals surface area contributed by atoms with Gasteiger partial charge in [0.15, 0.2) is 5.69 Å². The molecule has 0 spiro atoms. The molecule has 10 nitrogen and oxygen atoms in total. The second kappa shape index (κ2) is 10.7. The number of rotatable bonds is 9. The molecule has 2 aromatic heterocycles. The van der Waals surface area contributed by atoms with Gasteiger partial charge in [-0.3, -0.25) is 9.59 Å². The number of carboxylic acids is 1. The SMILES string of the molecule is O=C(N[C@@H](Cc1cc2ccccc2[nH]1)C(=O)O)c1cn(CCNC(=O)c2ccc(C(F)(F)F)cc2F)nn1. The Balaban J connectivity index is 1.31. The first-order chi connectivity index (χ1) is 18.0. The average Bonchev–Trinajstić information content (AvgIpc) is 3.49. The smallest absolute Gasteiger partial charge is 0.416 e. The van der Waals surface area contributed by atoms with Crippen molar-refractivity contribution >= 4 is 28.7 Å². The number of carboxylic acid groups (broad SMARTS) is 1. The van der Waals surface area contributed by atoms with E-state index in [0.717, 1.165) is 17.0 Å². The van der Waals surface area contributed by atoms with E-state index in [-0.39, 0.29) is 31.3 Å². The van der Waals surface area contributed by atoms with Crippen molar-refractivity contribution < 1.29 is 37.1 Å². The third-order valence-corrected chi connectivity index (χ3v) is 5.55. The standard InChI is InChI=1S/C24H20F4N6O4/c25-17-10-14(24(26,27)28)5-6-16(17)21(35)29-7-8-34-12-20(32-33-34)22(36)31-19(23(37)38)11-15-9-13-3-1-2-4-18(13)30-15/h1-6,9-10,12,19,30H,7-8,11H2,(H,29,35)(H,31,36)(H,37,38)/t19-/m0/s1. The molecule has 0 saturated carbocycles. The van der Waals surface area contributed by atoms with Crippen LogP contribution in [0.3, 0.4) is 0 Å². The highest BCUT2D eigenvalue weighted by Gasteiger charge is 2.31. The van der Waals surface area contributed by atoms with E-state index < -0.39 is 46.9 Å². The number of aromatic amines is 1. The van der Waals surface area contributed by atoms with E-state index in [4.69, 9.17) is 0 Å². The Labute approximate surface area is 211 Å². The molecule has 38 heavy (non-hydrogen) atoms. The Morgan fingerprint density at radius 3 is 2.53 bits per heavy atom. The van der Waals surface area contributed by atoms with Crippen molar-refractivity contribution in [3.63, 3.8) is 0 Å². The van der Waals surface area contributed by atoms with Crippen LogP contribution in [0.4, 0.5) is 17.6 Å². The van der Waals surface area contributed by atoms with Crippen molar-refractivity contribution in [1.29, 1.82) is 0 Å². The van der Waals surface area contributed by atoms with Crippen LogP contribution >= 0.6 is 0 Å². The number of para-hydroxylation sites is 1. The summed E-state index contributed by atoms with van der Waals surface area (Å²) in [6.07, 6.45) is -3.52. The molecule has 0 saturated heterocycles. The van der Waals surface area contributed by atoms with Crippen LogP contribution in [0.2, 0.25) is 0 Å². The van der Waals surface area contributed by atoms with Crippen LogP contribution in [0, 0.1) is 5.82 Å². The van der Waals surface area contributed by atoms with Gasteiger partial charge >= 0.3 is 12.1 Å². The summed E-state index contributed by atoms with van der Waals surface area (Å²) >= 11 is 0. The third kappa shape index (κ3) is 6.14. The van der Waals surface area contributed by atoms with E-state index in [2.05, 4.69) is 25.9 Å². The Morgan fingerprint density at radius 2 is 1.84 bits per heavy atom. The number of carbonyl (C=O) groups is 3. The molecule has 4 aromatic rings. The van der Waals surface area contributed by atoms with Crippen molar-refractivity contribution in [2.75, 3.05) is 6.54 Å². The van der Waals surface area contributed by atoms with Crippen LogP contribution in [-0.2, 0) is 23.9 Å². The molecule has 4 N–H and O–H groups in total. The van der Waals surface area contributed by atoms with Crippen molar-refractivity contribution in [2.45, 2.75) is 25.2 Å². The summed E-state index contributed by atoms with van der Waals surface area (Å²) in [5.74, 6) is -4.29. The fourth-order valence-corrected chi connectivity index (χ4v) is 3.66. The lowest BCUT2D eigenvalue weighted by molar-refractivity contribution is -0.139. The lowest BCUT2D eigenvalue weighted by Gasteiger charge is -2.12. The van der Waals surface area contributed by atoms with E-state index in [1.807, 2.05) is 24.3 Å². The number of hydrogen-bond acceptors (Lipinski definition) is 5. The maximum atomic E-state index is 13.9. The largest absolute Gasteiger partial charge is 0.480 e. The maximum Gasteiger partial charge on any atom is 0.416 e. The van der Waals surface area contributed by atoms with Gasteiger partial charge in [-0.05, 0) is 35.7 Å². The number of aromatic nitrogens is 4. The Kier molecular flexibility index (Phi) is 7.41. The number of alkyl halides is 3. The Morgan fingerprint density at radius 1 is 1.08 bits per heavy atom. The van der Waals surface area contributed by atoms with Gasteiger partial charge in [0.1, 0.15) is 11.9 Å². The number of benzene rings is 2. The monoisotopic (exact) mass is 532 g/mol. The highest BCUT2D eigenvalue weighted by molar-refractivity contribution is 5.95. The van der Waals surface area contributed by atoms with Crippen molar-refractivity contribution in [2.24, 2.45) is 0 Å². The zero-order valence-corrected chi connectivity index (χ0v) is 19.4. The van der Waals surface area contributed by atoms with E-state index >= 15 is 0 Å². The number of nitrogens with one attached hydrogen (secondary N) is 3. The third-order valence-electron chi connectivity index (χ3n) is 5.55. The van der Waals surface area contributed by atoms with Crippen LogP contribution in [0.1, 0.15) is 32.1 Å². The molecule has 0 aliphatic heterocycles. The van der Waals surface area contributed by atoms with Gasteiger partial charge in [-0.1, -0.05) is 23.4 Å². The minimum atomic E-state index is -4.74. The van der Waals surface area contributed by atoms with E-state index in [1.54, 1.807) is 6.07 Å². The van der Waals surface area contributed by atoms with Crippen molar-refractivity contribution in [1.82, 2.24) is 30.6 Å². The summed E-state index contributed by atoms with van der Waals surface area (Å²) in [4.78, 5) is 39.5. The minimum Gasteiger partial charge on any atom is -0.480 e. The Bertz CT molecular complexity index is 1460. The van der Waals surface area contributed by atoms with Gasteiger partial charge in [0.2, 0.25) is 0 Å². The molecule has 2 heterocycles.